The van der Waals surface area contributed by atoms with Crippen LogP contribution in [0.4, 0.5) is 4.39 Å². The van der Waals surface area contributed by atoms with Gasteiger partial charge >= 0.3 is 0 Å². The van der Waals surface area contributed by atoms with Gasteiger partial charge in [0.15, 0.2) is 0 Å². The second-order valence-electron chi connectivity index (χ2n) is 4.31. The predicted octanol–water partition coefficient (Wildman–Crippen LogP) is 1.57. The van der Waals surface area contributed by atoms with Gasteiger partial charge in [-0.1, -0.05) is 6.07 Å². The van der Waals surface area contributed by atoms with Gasteiger partial charge in [-0.05, 0) is 45.0 Å². The van der Waals surface area contributed by atoms with Crippen molar-refractivity contribution in [1.29, 1.82) is 0 Å². The van der Waals surface area contributed by atoms with E-state index in [1.54, 1.807) is 13.8 Å². The van der Waals surface area contributed by atoms with Crippen LogP contribution < -0.4 is 5.73 Å². The quantitative estimate of drug-likeness (QED) is 0.856. The Balaban J connectivity index is 3.09. The molecular weight excluding hydrogens is 255 g/mol. The molecule has 2 N–H and O–H groups in total. The zero-order valence-corrected chi connectivity index (χ0v) is 11.5. The Bertz CT molecular complexity index is 489. The molecule has 0 saturated carbocycles. The number of hydrogen-bond donors (Lipinski definition) is 1. The van der Waals surface area contributed by atoms with Gasteiger partial charge in [-0.3, -0.25) is 0 Å². The predicted molar refractivity (Wildman–Crippen MR) is 69.1 cm³/mol. The lowest BCUT2D eigenvalue weighted by molar-refractivity contribution is 0.351. The lowest BCUT2D eigenvalue weighted by atomic mass is 10.3. The van der Waals surface area contributed by atoms with Crippen molar-refractivity contribution in [2.45, 2.75) is 31.2 Å². The van der Waals surface area contributed by atoms with Crippen LogP contribution in [0.2, 0.25) is 0 Å². The fourth-order valence-corrected chi connectivity index (χ4v) is 3.37. The normalized spacial score (nSPS) is 12.3. The summed E-state index contributed by atoms with van der Waals surface area (Å²) in [5.41, 5.74) is 5.40. The molecule has 1 aromatic carbocycles. The molecule has 6 heteroatoms. The number of rotatable bonds is 6. The van der Waals surface area contributed by atoms with Gasteiger partial charge < -0.3 is 5.73 Å². The van der Waals surface area contributed by atoms with Crippen LogP contribution in [0.3, 0.4) is 0 Å². The van der Waals surface area contributed by atoms with Crippen molar-refractivity contribution in [2.24, 2.45) is 5.73 Å². The highest BCUT2D eigenvalue weighted by Gasteiger charge is 2.26. The fourth-order valence-electron chi connectivity index (χ4n) is 1.67. The number of nitrogens with two attached hydrogens (primary N) is 1. The molecule has 0 atom stereocenters. The second kappa shape index (κ2) is 6.26. The van der Waals surface area contributed by atoms with E-state index in [1.807, 2.05) is 0 Å². The first-order valence-electron chi connectivity index (χ1n) is 5.87. The highest BCUT2D eigenvalue weighted by molar-refractivity contribution is 7.89. The Morgan fingerprint density at radius 2 is 2.06 bits per heavy atom. The van der Waals surface area contributed by atoms with Crippen LogP contribution in [0, 0.1) is 5.82 Å². The van der Waals surface area contributed by atoms with E-state index in [9.17, 15) is 12.8 Å². The molecule has 0 unspecified atom stereocenters. The monoisotopic (exact) mass is 274 g/mol. The van der Waals surface area contributed by atoms with Crippen LogP contribution in [0.25, 0.3) is 0 Å². The largest absolute Gasteiger partial charge is 0.330 e. The molecule has 18 heavy (non-hydrogen) atoms. The van der Waals surface area contributed by atoms with Gasteiger partial charge in [0.2, 0.25) is 10.0 Å². The fraction of sp³-hybridized carbons (Fsp3) is 0.500. The molecule has 0 aliphatic carbocycles. The van der Waals surface area contributed by atoms with Crippen LogP contribution in [-0.2, 0) is 10.0 Å². The molecule has 1 rings (SSSR count). The molecule has 0 fully saturated rings. The van der Waals surface area contributed by atoms with Crippen molar-refractivity contribution >= 4 is 10.0 Å². The van der Waals surface area contributed by atoms with Crippen LogP contribution >= 0.6 is 0 Å². The van der Waals surface area contributed by atoms with E-state index in [1.165, 1.54) is 22.5 Å². The van der Waals surface area contributed by atoms with E-state index in [2.05, 4.69) is 0 Å². The molecule has 0 saturated heterocycles. The SMILES string of the molecule is CC(C)N(CCCN)S(=O)(=O)c1cccc(F)c1. The maximum Gasteiger partial charge on any atom is 0.243 e. The molecule has 4 nitrogen and oxygen atoms in total. The molecule has 0 radical (unpaired) electrons. The molecule has 0 heterocycles. The first-order valence-corrected chi connectivity index (χ1v) is 7.31. The van der Waals surface area contributed by atoms with E-state index < -0.39 is 15.8 Å². The lowest BCUT2D eigenvalue weighted by Gasteiger charge is -2.25. The summed E-state index contributed by atoms with van der Waals surface area (Å²) in [7, 11) is -3.66. The van der Waals surface area contributed by atoms with Crippen LogP contribution in [0.5, 0.6) is 0 Å². The maximum atomic E-state index is 13.1. The van der Waals surface area contributed by atoms with Gasteiger partial charge in [0.05, 0.1) is 4.90 Å². The summed E-state index contributed by atoms with van der Waals surface area (Å²) in [5.74, 6) is -0.557. The number of hydrogen-bond acceptors (Lipinski definition) is 3. The average Bonchev–Trinajstić information content (AvgIpc) is 2.28. The van der Waals surface area contributed by atoms with Crippen LogP contribution in [0.15, 0.2) is 29.2 Å². The van der Waals surface area contributed by atoms with Gasteiger partial charge in [-0.2, -0.15) is 4.31 Å². The number of halogens is 1. The summed E-state index contributed by atoms with van der Waals surface area (Å²) in [6, 6.07) is 4.86. The molecule has 102 valence electrons. The smallest absolute Gasteiger partial charge is 0.243 e. The Kier molecular flexibility index (Phi) is 5.25. The second-order valence-corrected chi connectivity index (χ2v) is 6.20. The van der Waals surface area contributed by atoms with E-state index in [-0.39, 0.29) is 10.9 Å². The van der Waals surface area contributed by atoms with Crippen molar-refractivity contribution in [3.8, 4) is 0 Å². The third-order valence-corrected chi connectivity index (χ3v) is 4.63. The maximum absolute atomic E-state index is 13.1. The van der Waals surface area contributed by atoms with E-state index >= 15 is 0 Å². The highest BCUT2D eigenvalue weighted by atomic mass is 32.2. The summed E-state index contributed by atoms with van der Waals surface area (Å²) in [6.45, 7) is 4.33. The Hall–Kier alpha value is -0.980. The summed E-state index contributed by atoms with van der Waals surface area (Å²) < 4.78 is 39.2. The minimum Gasteiger partial charge on any atom is -0.330 e. The zero-order chi connectivity index (χ0) is 13.8. The zero-order valence-electron chi connectivity index (χ0n) is 10.6. The van der Waals surface area contributed by atoms with Crippen molar-refractivity contribution < 1.29 is 12.8 Å². The van der Waals surface area contributed by atoms with Gasteiger partial charge in [0.25, 0.3) is 0 Å². The van der Waals surface area contributed by atoms with Gasteiger partial charge in [0, 0.05) is 12.6 Å². The molecule has 1 aromatic rings. The average molecular weight is 274 g/mol. The summed E-state index contributed by atoms with van der Waals surface area (Å²) >= 11 is 0. The summed E-state index contributed by atoms with van der Waals surface area (Å²) in [5, 5.41) is 0. The van der Waals surface area contributed by atoms with Crippen LogP contribution in [0.1, 0.15) is 20.3 Å². The van der Waals surface area contributed by atoms with E-state index in [0.29, 0.717) is 19.5 Å². The highest BCUT2D eigenvalue weighted by Crippen LogP contribution is 2.19. The first kappa shape index (κ1) is 15.1. The van der Waals surface area contributed by atoms with Crippen molar-refractivity contribution in [2.75, 3.05) is 13.1 Å². The molecule has 0 amide bonds. The van der Waals surface area contributed by atoms with E-state index in [4.69, 9.17) is 5.73 Å². The molecular formula is C12H19FN2O2S. The Morgan fingerprint density at radius 3 is 2.56 bits per heavy atom. The van der Waals surface area contributed by atoms with Crippen molar-refractivity contribution in [3.05, 3.63) is 30.1 Å². The Labute approximate surface area is 108 Å². The summed E-state index contributed by atoms with van der Waals surface area (Å²) in [4.78, 5) is -0.0202. The third kappa shape index (κ3) is 3.51. The van der Waals surface area contributed by atoms with Crippen molar-refractivity contribution in [3.63, 3.8) is 0 Å². The van der Waals surface area contributed by atoms with Gasteiger partial charge in [0.1, 0.15) is 5.82 Å². The topological polar surface area (TPSA) is 63.4 Å². The van der Waals surface area contributed by atoms with Crippen LogP contribution in [-0.4, -0.2) is 31.9 Å². The first-order chi connectivity index (χ1) is 8.39. The molecule has 0 spiro atoms. The minimum absolute atomic E-state index is 0.0202. The van der Waals surface area contributed by atoms with E-state index in [0.717, 1.165) is 6.07 Å². The molecule has 0 aliphatic heterocycles. The Morgan fingerprint density at radius 1 is 1.39 bits per heavy atom. The van der Waals surface area contributed by atoms with Gasteiger partial charge in [-0.15, -0.1) is 0 Å². The standard InChI is InChI=1S/C12H19FN2O2S/c1-10(2)15(8-4-7-14)18(16,17)12-6-3-5-11(13)9-12/h3,5-6,9-10H,4,7-8,14H2,1-2H3. The molecule has 0 bridgehead atoms. The number of benzene rings is 1. The molecule has 0 aliphatic rings. The third-order valence-electron chi connectivity index (χ3n) is 2.56. The van der Waals surface area contributed by atoms with Crippen molar-refractivity contribution in [1.82, 2.24) is 4.31 Å². The number of nitrogens with zero attached hydrogens (tertiary/aromatic N) is 1. The lowest BCUT2D eigenvalue weighted by Crippen LogP contribution is -2.38. The van der Waals surface area contributed by atoms with Gasteiger partial charge in [-0.25, -0.2) is 12.8 Å². The summed E-state index contributed by atoms with van der Waals surface area (Å²) in [6.07, 6.45) is 0.576. The minimum atomic E-state index is -3.66. The molecule has 0 aromatic heterocycles. The number of sulfonamides is 1.